The Morgan fingerprint density at radius 1 is 1.61 bits per heavy atom. The van der Waals surface area contributed by atoms with Crippen LogP contribution < -0.4 is 5.32 Å². The number of piperazine rings is 1. The molecule has 0 aromatic carbocycles. The van der Waals surface area contributed by atoms with Gasteiger partial charge in [0.05, 0.1) is 0 Å². The Labute approximate surface area is 107 Å². The van der Waals surface area contributed by atoms with Crippen molar-refractivity contribution < 1.29 is 9.90 Å². The highest BCUT2D eigenvalue weighted by Gasteiger charge is 2.19. The summed E-state index contributed by atoms with van der Waals surface area (Å²) in [6.45, 7) is 3.71. The van der Waals surface area contributed by atoms with E-state index in [1.54, 1.807) is 6.20 Å². The second-order valence-electron chi connectivity index (χ2n) is 4.68. The molecule has 1 saturated heterocycles. The number of hydrogen-bond donors (Lipinski definition) is 2. The van der Waals surface area contributed by atoms with Crippen molar-refractivity contribution in [2.75, 3.05) is 19.6 Å². The lowest BCUT2D eigenvalue weighted by molar-refractivity contribution is -0.137. The quantitative estimate of drug-likeness (QED) is 0.805. The molecule has 0 aliphatic carbocycles. The van der Waals surface area contributed by atoms with E-state index in [1.165, 1.54) is 5.56 Å². The average molecular weight is 249 g/mol. The zero-order chi connectivity index (χ0) is 12.8. The molecule has 0 bridgehead atoms. The number of hydrogen-bond acceptors (Lipinski definition) is 4. The number of nitrogens with one attached hydrogen (secondary N) is 1. The number of rotatable bonds is 5. The summed E-state index contributed by atoms with van der Waals surface area (Å²) in [6.07, 6.45) is 4.59. The third-order valence-corrected chi connectivity index (χ3v) is 3.18. The average Bonchev–Trinajstić information content (AvgIpc) is 2.38. The van der Waals surface area contributed by atoms with E-state index in [9.17, 15) is 4.79 Å². The smallest absolute Gasteiger partial charge is 0.303 e. The molecular formula is C13H19N3O2. The summed E-state index contributed by atoms with van der Waals surface area (Å²) in [5.41, 5.74) is 1.20. The van der Waals surface area contributed by atoms with Crippen LogP contribution >= 0.6 is 0 Å². The summed E-state index contributed by atoms with van der Waals surface area (Å²) in [7, 11) is 0. The molecule has 0 spiro atoms. The molecule has 5 heteroatoms. The van der Waals surface area contributed by atoms with Gasteiger partial charge in [0.2, 0.25) is 0 Å². The first kappa shape index (κ1) is 13.0. The van der Waals surface area contributed by atoms with Gasteiger partial charge in [-0.25, -0.2) is 0 Å². The van der Waals surface area contributed by atoms with Crippen LogP contribution in [0.2, 0.25) is 0 Å². The molecule has 5 nitrogen and oxygen atoms in total. The summed E-state index contributed by atoms with van der Waals surface area (Å²) in [5, 5.41) is 12.1. The van der Waals surface area contributed by atoms with Crippen LogP contribution in [-0.4, -0.2) is 46.6 Å². The third kappa shape index (κ3) is 4.09. The van der Waals surface area contributed by atoms with Gasteiger partial charge in [-0.1, -0.05) is 6.07 Å². The molecule has 1 atom stereocenters. The first-order chi connectivity index (χ1) is 8.74. The fourth-order valence-electron chi connectivity index (χ4n) is 2.28. The van der Waals surface area contributed by atoms with Gasteiger partial charge in [0.15, 0.2) is 0 Å². The summed E-state index contributed by atoms with van der Waals surface area (Å²) >= 11 is 0. The normalized spacial score (nSPS) is 20.8. The van der Waals surface area contributed by atoms with Gasteiger partial charge in [-0.15, -0.1) is 0 Å². The lowest BCUT2D eigenvalue weighted by Gasteiger charge is -2.33. The van der Waals surface area contributed by atoms with Crippen LogP contribution in [0.25, 0.3) is 0 Å². The van der Waals surface area contributed by atoms with E-state index >= 15 is 0 Å². The minimum atomic E-state index is -0.721. The Kier molecular flexibility index (Phi) is 4.66. The fraction of sp³-hybridized carbons (Fsp3) is 0.538. The van der Waals surface area contributed by atoms with Crippen molar-refractivity contribution in [3.63, 3.8) is 0 Å². The molecule has 1 aromatic rings. The third-order valence-electron chi connectivity index (χ3n) is 3.18. The van der Waals surface area contributed by atoms with Crippen LogP contribution in [0.5, 0.6) is 0 Å². The Morgan fingerprint density at radius 2 is 2.50 bits per heavy atom. The molecule has 1 aliphatic heterocycles. The molecule has 98 valence electrons. The number of aromatic nitrogens is 1. The second-order valence-corrected chi connectivity index (χ2v) is 4.68. The number of aliphatic carboxylic acids is 1. The van der Waals surface area contributed by atoms with Gasteiger partial charge in [-0.05, 0) is 18.1 Å². The maximum atomic E-state index is 10.6. The number of carbonyl (C=O) groups is 1. The van der Waals surface area contributed by atoms with Crippen LogP contribution in [0.15, 0.2) is 24.5 Å². The van der Waals surface area contributed by atoms with Gasteiger partial charge in [-0.2, -0.15) is 0 Å². The van der Waals surface area contributed by atoms with Gasteiger partial charge in [0.25, 0.3) is 0 Å². The van der Waals surface area contributed by atoms with Crippen LogP contribution in [-0.2, 0) is 11.3 Å². The van der Waals surface area contributed by atoms with E-state index in [-0.39, 0.29) is 12.5 Å². The molecule has 2 rings (SSSR count). The number of pyridine rings is 1. The molecule has 1 aliphatic rings. The molecule has 0 amide bonds. The topological polar surface area (TPSA) is 65.5 Å². The van der Waals surface area contributed by atoms with Gasteiger partial charge in [0, 0.05) is 51.0 Å². The zero-order valence-corrected chi connectivity index (χ0v) is 10.4. The van der Waals surface area contributed by atoms with E-state index < -0.39 is 5.97 Å². The predicted molar refractivity (Wildman–Crippen MR) is 68.2 cm³/mol. The van der Waals surface area contributed by atoms with E-state index in [4.69, 9.17) is 5.11 Å². The highest BCUT2D eigenvalue weighted by Crippen LogP contribution is 2.09. The van der Waals surface area contributed by atoms with E-state index in [0.717, 1.165) is 26.2 Å². The molecule has 0 radical (unpaired) electrons. The first-order valence-electron chi connectivity index (χ1n) is 6.30. The van der Waals surface area contributed by atoms with Crippen LogP contribution in [0.1, 0.15) is 18.4 Å². The van der Waals surface area contributed by atoms with Crippen molar-refractivity contribution in [2.24, 2.45) is 0 Å². The molecule has 1 unspecified atom stereocenters. The Bertz CT molecular complexity index is 383. The predicted octanol–water partition coefficient (Wildman–Crippen LogP) is 0.720. The van der Waals surface area contributed by atoms with Gasteiger partial charge >= 0.3 is 5.97 Å². The second kappa shape index (κ2) is 6.47. The van der Waals surface area contributed by atoms with Crippen molar-refractivity contribution in [1.82, 2.24) is 15.2 Å². The zero-order valence-electron chi connectivity index (χ0n) is 10.4. The van der Waals surface area contributed by atoms with Gasteiger partial charge in [0.1, 0.15) is 0 Å². The summed E-state index contributed by atoms with van der Waals surface area (Å²) in [4.78, 5) is 17.0. The molecule has 0 saturated carbocycles. The molecule has 18 heavy (non-hydrogen) atoms. The van der Waals surface area contributed by atoms with Crippen molar-refractivity contribution in [3.8, 4) is 0 Å². The fourth-order valence-corrected chi connectivity index (χ4v) is 2.28. The summed E-state index contributed by atoms with van der Waals surface area (Å²) < 4.78 is 0. The summed E-state index contributed by atoms with van der Waals surface area (Å²) in [5.74, 6) is -0.721. The maximum absolute atomic E-state index is 10.6. The molecule has 1 fully saturated rings. The Balaban J connectivity index is 1.81. The van der Waals surface area contributed by atoms with Crippen molar-refractivity contribution >= 4 is 5.97 Å². The van der Waals surface area contributed by atoms with E-state index in [1.807, 2.05) is 12.3 Å². The minimum Gasteiger partial charge on any atom is -0.481 e. The monoisotopic (exact) mass is 249 g/mol. The molecular weight excluding hydrogens is 230 g/mol. The van der Waals surface area contributed by atoms with Gasteiger partial charge in [-0.3, -0.25) is 14.7 Å². The number of carboxylic acid groups (broad SMARTS) is 1. The van der Waals surface area contributed by atoms with E-state index in [2.05, 4.69) is 21.3 Å². The van der Waals surface area contributed by atoms with Crippen LogP contribution in [0.4, 0.5) is 0 Å². The highest BCUT2D eigenvalue weighted by atomic mass is 16.4. The van der Waals surface area contributed by atoms with Crippen molar-refractivity contribution in [3.05, 3.63) is 30.1 Å². The highest BCUT2D eigenvalue weighted by molar-refractivity contribution is 5.66. The number of carboxylic acids is 1. The minimum absolute atomic E-state index is 0.235. The van der Waals surface area contributed by atoms with Gasteiger partial charge < -0.3 is 10.4 Å². The largest absolute Gasteiger partial charge is 0.481 e. The summed E-state index contributed by atoms with van der Waals surface area (Å²) in [6, 6.07) is 4.30. The maximum Gasteiger partial charge on any atom is 0.303 e. The van der Waals surface area contributed by atoms with E-state index in [0.29, 0.717) is 6.42 Å². The first-order valence-corrected chi connectivity index (χ1v) is 6.30. The standard InChI is InChI=1S/C13H19N3O2/c17-13(18)4-3-12-10-16(7-6-15-12)9-11-2-1-5-14-8-11/h1-2,5,8,12,15H,3-4,6-7,9-10H2,(H,17,18). The lowest BCUT2D eigenvalue weighted by atomic mass is 10.1. The van der Waals surface area contributed by atoms with Crippen molar-refractivity contribution in [2.45, 2.75) is 25.4 Å². The Morgan fingerprint density at radius 3 is 3.22 bits per heavy atom. The molecule has 2 N–H and O–H groups in total. The lowest BCUT2D eigenvalue weighted by Crippen LogP contribution is -2.50. The molecule has 1 aromatic heterocycles. The molecule has 2 heterocycles. The Hall–Kier alpha value is -1.46. The number of nitrogens with zero attached hydrogens (tertiary/aromatic N) is 2. The van der Waals surface area contributed by atoms with Crippen LogP contribution in [0.3, 0.4) is 0 Å². The van der Waals surface area contributed by atoms with Crippen LogP contribution in [0, 0.1) is 0 Å². The SMILES string of the molecule is O=C(O)CCC1CN(Cc2cccnc2)CCN1. The van der Waals surface area contributed by atoms with Crippen molar-refractivity contribution in [1.29, 1.82) is 0 Å².